The van der Waals surface area contributed by atoms with Gasteiger partial charge < -0.3 is 4.74 Å². The van der Waals surface area contributed by atoms with Crippen molar-refractivity contribution in [2.75, 3.05) is 13.7 Å². The molecule has 6 heteroatoms. The molecule has 0 bridgehead atoms. The van der Waals surface area contributed by atoms with Crippen molar-refractivity contribution in [1.82, 2.24) is 5.01 Å². The van der Waals surface area contributed by atoms with Gasteiger partial charge in [-0.15, -0.1) is 0 Å². The van der Waals surface area contributed by atoms with Crippen LogP contribution < -0.4 is 10.6 Å². The first kappa shape index (κ1) is 19.7. The molecular weight excluding hydrogens is 353 g/mol. The van der Waals surface area contributed by atoms with Crippen LogP contribution in [0.2, 0.25) is 0 Å². The molecule has 0 radical (unpaired) electrons. The summed E-state index contributed by atoms with van der Waals surface area (Å²) in [5, 5.41) is 1.64. The Morgan fingerprint density at radius 2 is 1.93 bits per heavy atom. The largest absolute Gasteiger partial charge is 0.493 e. The fourth-order valence-corrected chi connectivity index (χ4v) is 4.03. The summed E-state index contributed by atoms with van der Waals surface area (Å²) in [7, 11) is 1.23. The predicted molar refractivity (Wildman–Crippen MR) is 98.9 cm³/mol. The summed E-state index contributed by atoms with van der Waals surface area (Å²) >= 11 is 0. The molecule has 0 aliphatic carbocycles. The van der Waals surface area contributed by atoms with Gasteiger partial charge in [-0.05, 0) is 36.5 Å². The van der Waals surface area contributed by atoms with Crippen LogP contribution >= 0.6 is 0 Å². The van der Waals surface area contributed by atoms with Crippen molar-refractivity contribution in [3.8, 4) is 5.75 Å². The Balaban J connectivity index is 2.05. The van der Waals surface area contributed by atoms with Gasteiger partial charge in [0, 0.05) is 18.0 Å². The third-order valence-electron chi connectivity index (χ3n) is 5.38. The lowest BCUT2D eigenvalue weighted by molar-refractivity contribution is 0.0404. The first-order chi connectivity index (χ1) is 13.0. The van der Waals surface area contributed by atoms with Crippen molar-refractivity contribution in [3.63, 3.8) is 0 Å². The third kappa shape index (κ3) is 3.69. The number of aryl methyl sites for hydroxylation is 1. The summed E-state index contributed by atoms with van der Waals surface area (Å²) in [6.45, 7) is 2.36. The number of rotatable bonds is 5. The van der Waals surface area contributed by atoms with Crippen LogP contribution in [-0.4, -0.2) is 18.7 Å². The summed E-state index contributed by atoms with van der Waals surface area (Å²) in [5.41, 5.74) is 1.10. The van der Waals surface area contributed by atoms with Gasteiger partial charge in [0.05, 0.1) is 13.2 Å². The maximum atomic E-state index is 15.8. The van der Waals surface area contributed by atoms with Gasteiger partial charge in [-0.25, -0.2) is 13.8 Å². The maximum absolute atomic E-state index is 15.8. The summed E-state index contributed by atoms with van der Waals surface area (Å²) < 4.78 is 49.4. The van der Waals surface area contributed by atoms with E-state index in [1.54, 1.807) is 11.9 Å². The number of hydrazine groups is 1. The average molecular weight is 378 g/mol. The highest BCUT2D eigenvalue weighted by Crippen LogP contribution is 2.46. The molecule has 0 aromatic heterocycles. The molecule has 27 heavy (non-hydrogen) atoms. The zero-order chi connectivity index (χ0) is 19.6. The van der Waals surface area contributed by atoms with Crippen molar-refractivity contribution in [2.24, 2.45) is 11.8 Å². The molecular formula is C21H25F3N2O. The minimum absolute atomic E-state index is 0.0504. The third-order valence-corrected chi connectivity index (χ3v) is 5.38. The van der Waals surface area contributed by atoms with Gasteiger partial charge in [0.2, 0.25) is 5.82 Å². The molecule has 2 aromatic rings. The fraction of sp³-hybridized carbons (Fsp3) is 0.429. The van der Waals surface area contributed by atoms with E-state index in [-0.39, 0.29) is 29.3 Å². The number of benzene rings is 2. The molecule has 1 saturated heterocycles. The summed E-state index contributed by atoms with van der Waals surface area (Å²) in [5.74, 6) is 3.23. The quantitative estimate of drug-likeness (QED) is 0.754. The monoisotopic (exact) mass is 378 g/mol. The van der Waals surface area contributed by atoms with Crippen LogP contribution in [0.25, 0.3) is 0 Å². The van der Waals surface area contributed by atoms with Gasteiger partial charge in [-0.2, -0.15) is 4.39 Å². The van der Waals surface area contributed by atoms with Crippen molar-refractivity contribution in [2.45, 2.75) is 38.4 Å². The van der Waals surface area contributed by atoms with E-state index >= 15 is 4.39 Å². The molecule has 0 amide bonds. The molecule has 3 nitrogen and oxygen atoms in total. The van der Waals surface area contributed by atoms with E-state index in [9.17, 15) is 8.78 Å². The molecule has 1 aliphatic heterocycles. The smallest absolute Gasteiger partial charge is 0.201 e. The Hall–Kier alpha value is -2.05. The van der Waals surface area contributed by atoms with Crippen LogP contribution in [-0.2, 0) is 6.42 Å². The topological polar surface area (TPSA) is 38.5 Å². The highest BCUT2D eigenvalue weighted by Gasteiger charge is 2.39. The first-order valence-electron chi connectivity index (χ1n) is 9.24. The van der Waals surface area contributed by atoms with Crippen molar-refractivity contribution in [3.05, 3.63) is 64.7 Å². The van der Waals surface area contributed by atoms with Gasteiger partial charge in [0.15, 0.2) is 11.6 Å². The number of methoxy groups -OCH3 is 1. The Kier molecular flexibility index (Phi) is 6.07. The van der Waals surface area contributed by atoms with Crippen LogP contribution in [0.3, 0.4) is 0 Å². The standard InChI is InChI=1S/C21H25F3N2O/c1-3-13-12-16(21(27-2)19(24)17(13)22)18(23)15-10-7-11-26(25)20(15)14-8-5-4-6-9-14/h4-6,8-9,12,15,18,20H,3,7,10-11,25H2,1-2H3. The normalized spacial score (nSPS) is 21.9. The number of ether oxygens (including phenoxy) is 1. The highest BCUT2D eigenvalue weighted by atomic mass is 19.2. The number of nitrogens with two attached hydrogens (primary N) is 1. The second-order valence-electron chi connectivity index (χ2n) is 6.94. The van der Waals surface area contributed by atoms with E-state index < -0.39 is 23.7 Å². The summed E-state index contributed by atoms with van der Waals surface area (Å²) in [4.78, 5) is 0. The molecule has 3 rings (SSSR count). The molecule has 0 saturated carbocycles. The van der Waals surface area contributed by atoms with E-state index in [4.69, 9.17) is 10.6 Å². The molecule has 2 N–H and O–H groups in total. The molecule has 1 fully saturated rings. The molecule has 3 atom stereocenters. The molecule has 1 aliphatic rings. The SMILES string of the molecule is CCc1cc(C(F)C2CCCN(N)C2c2ccccc2)c(OC)c(F)c1F. The van der Waals surface area contributed by atoms with E-state index in [0.29, 0.717) is 13.0 Å². The van der Waals surface area contributed by atoms with Gasteiger partial charge >= 0.3 is 0 Å². The van der Waals surface area contributed by atoms with Gasteiger partial charge in [-0.1, -0.05) is 37.3 Å². The Labute approximate surface area is 157 Å². The van der Waals surface area contributed by atoms with Gasteiger partial charge in [0.1, 0.15) is 6.17 Å². The lowest BCUT2D eigenvalue weighted by Crippen LogP contribution is -2.44. The lowest BCUT2D eigenvalue weighted by atomic mass is 9.80. The Morgan fingerprint density at radius 3 is 2.56 bits per heavy atom. The van der Waals surface area contributed by atoms with Crippen LogP contribution in [0.1, 0.15) is 48.7 Å². The van der Waals surface area contributed by atoms with E-state index in [2.05, 4.69) is 0 Å². The second-order valence-corrected chi connectivity index (χ2v) is 6.94. The number of hydrogen-bond donors (Lipinski definition) is 1. The number of hydrogen-bond acceptors (Lipinski definition) is 3. The molecule has 1 heterocycles. The Bertz CT molecular complexity index is 785. The molecule has 2 aromatic carbocycles. The van der Waals surface area contributed by atoms with E-state index in [1.807, 2.05) is 30.3 Å². The fourth-order valence-electron chi connectivity index (χ4n) is 4.03. The second kappa shape index (κ2) is 8.31. The van der Waals surface area contributed by atoms with E-state index in [0.717, 1.165) is 12.0 Å². The highest BCUT2D eigenvalue weighted by molar-refractivity contribution is 5.42. The first-order valence-corrected chi connectivity index (χ1v) is 9.24. The summed E-state index contributed by atoms with van der Waals surface area (Å²) in [6.07, 6.45) is 0.0644. The van der Waals surface area contributed by atoms with Crippen LogP contribution in [0.4, 0.5) is 13.2 Å². The van der Waals surface area contributed by atoms with Crippen LogP contribution in [0, 0.1) is 17.6 Å². The zero-order valence-corrected chi connectivity index (χ0v) is 15.6. The van der Waals surface area contributed by atoms with Gasteiger partial charge in [0.25, 0.3) is 0 Å². The number of alkyl halides is 1. The van der Waals surface area contributed by atoms with Crippen molar-refractivity contribution >= 4 is 0 Å². The van der Waals surface area contributed by atoms with Crippen molar-refractivity contribution < 1.29 is 17.9 Å². The van der Waals surface area contributed by atoms with Crippen LogP contribution in [0.5, 0.6) is 5.75 Å². The molecule has 0 spiro atoms. The van der Waals surface area contributed by atoms with E-state index in [1.165, 1.54) is 13.2 Å². The molecule has 3 unspecified atom stereocenters. The minimum Gasteiger partial charge on any atom is -0.493 e. The van der Waals surface area contributed by atoms with Gasteiger partial charge in [-0.3, -0.25) is 5.84 Å². The summed E-state index contributed by atoms with van der Waals surface area (Å²) in [6, 6.07) is 10.5. The molecule has 146 valence electrons. The minimum atomic E-state index is -1.53. The maximum Gasteiger partial charge on any atom is 0.201 e. The van der Waals surface area contributed by atoms with Crippen molar-refractivity contribution in [1.29, 1.82) is 0 Å². The zero-order valence-electron chi connectivity index (χ0n) is 15.6. The number of nitrogens with zero attached hydrogens (tertiary/aromatic N) is 1. The lowest BCUT2D eigenvalue weighted by Gasteiger charge is -2.40. The number of halogens is 3. The predicted octanol–water partition coefficient (Wildman–Crippen LogP) is 4.87. The number of piperidine rings is 1. The Morgan fingerprint density at radius 1 is 1.22 bits per heavy atom. The van der Waals surface area contributed by atoms with Crippen LogP contribution in [0.15, 0.2) is 36.4 Å². The average Bonchev–Trinajstić information content (AvgIpc) is 2.69.